The number of aryl methyl sites for hydroxylation is 2. The van der Waals surface area contributed by atoms with E-state index in [-0.39, 0.29) is 23.4 Å². The van der Waals surface area contributed by atoms with Crippen LogP contribution in [0.2, 0.25) is 0 Å². The van der Waals surface area contributed by atoms with E-state index in [9.17, 15) is 9.18 Å². The summed E-state index contributed by atoms with van der Waals surface area (Å²) in [4.78, 5) is 16.9. The zero-order chi connectivity index (χ0) is 20.1. The van der Waals surface area contributed by atoms with Crippen LogP contribution in [0.4, 0.5) is 4.39 Å². The molecule has 1 unspecified atom stereocenters. The van der Waals surface area contributed by atoms with Crippen molar-refractivity contribution in [1.82, 2.24) is 19.6 Å². The lowest BCUT2D eigenvalue weighted by molar-refractivity contribution is -0.137. The van der Waals surface area contributed by atoms with Crippen molar-refractivity contribution in [3.05, 3.63) is 47.5 Å². The van der Waals surface area contributed by atoms with E-state index in [0.717, 1.165) is 31.0 Å². The molecule has 152 valence electrons. The molecule has 0 spiro atoms. The molecule has 3 rings (SSSR count). The molecule has 1 aliphatic rings. The number of piperazine rings is 1. The Bertz CT molecular complexity index is 799. The third-order valence-corrected chi connectivity index (χ3v) is 5.16. The van der Waals surface area contributed by atoms with E-state index in [1.807, 2.05) is 36.4 Å². The molecule has 1 fully saturated rings. The Balaban J connectivity index is 1.41. The first-order chi connectivity index (χ1) is 13.4. The summed E-state index contributed by atoms with van der Waals surface area (Å²) < 4.78 is 21.0. The molecule has 0 radical (unpaired) electrons. The van der Waals surface area contributed by atoms with Crippen LogP contribution in [-0.4, -0.2) is 64.8 Å². The fourth-order valence-corrected chi connectivity index (χ4v) is 3.55. The number of aromatic nitrogens is 2. The van der Waals surface area contributed by atoms with E-state index >= 15 is 0 Å². The maximum Gasteiger partial charge on any atom is 0.227 e. The first-order valence-corrected chi connectivity index (χ1v) is 9.83. The predicted octanol–water partition coefficient (Wildman–Crippen LogP) is 2.50. The Kier molecular flexibility index (Phi) is 6.67. The van der Waals surface area contributed by atoms with Crippen molar-refractivity contribution in [2.45, 2.75) is 27.3 Å². The van der Waals surface area contributed by atoms with Crippen molar-refractivity contribution < 1.29 is 13.9 Å². The molecular formula is C21H29FN4O2. The highest BCUT2D eigenvalue weighted by Gasteiger charge is 2.25. The number of rotatable bonds is 7. The maximum atomic E-state index is 13.6. The van der Waals surface area contributed by atoms with Crippen molar-refractivity contribution in [2.75, 3.05) is 39.3 Å². The van der Waals surface area contributed by atoms with Gasteiger partial charge in [-0.25, -0.2) is 4.39 Å². The largest absolute Gasteiger partial charge is 0.489 e. The van der Waals surface area contributed by atoms with Crippen LogP contribution in [0, 0.1) is 25.6 Å². The number of amides is 1. The molecule has 0 saturated carbocycles. The highest BCUT2D eigenvalue weighted by Crippen LogP contribution is 2.16. The smallest absolute Gasteiger partial charge is 0.227 e. The number of benzene rings is 1. The van der Waals surface area contributed by atoms with Crippen LogP contribution in [-0.2, 0) is 11.3 Å². The molecule has 0 bridgehead atoms. The van der Waals surface area contributed by atoms with Gasteiger partial charge in [0.1, 0.15) is 6.61 Å². The van der Waals surface area contributed by atoms with Crippen LogP contribution >= 0.6 is 0 Å². The van der Waals surface area contributed by atoms with Gasteiger partial charge in [-0.1, -0.05) is 19.1 Å². The van der Waals surface area contributed by atoms with Gasteiger partial charge in [0, 0.05) is 38.4 Å². The summed E-state index contributed by atoms with van der Waals surface area (Å²) >= 11 is 0. The van der Waals surface area contributed by atoms with Gasteiger partial charge in [-0.2, -0.15) is 5.10 Å². The molecule has 6 nitrogen and oxygen atoms in total. The van der Waals surface area contributed by atoms with Crippen LogP contribution in [0.5, 0.6) is 5.75 Å². The van der Waals surface area contributed by atoms with Crippen molar-refractivity contribution >= 4 is 5.91 Å². The zero-order valence-corrected chi connectivity index (χ0v) is 16.9. The zero-order valence-electron chi connectivity index (χ0n) is 16.9. The van der Waals surface area contributed by atoms with Crippen molar-refractivity contribution in [1.29, 1.82) is 0 Å². The molecule has 0 N–H and O–H groups in total. The molecule has 0 aliphatic carbocycles. The van der Waals surface area contributed by atoms with Gasteiger partial charge in [0.05, 0.1) is 18.2 Å². The molecule has 1 aromatic heterocycles. The molecule has 1 saturated heterocycles. The third-order valence-electron chi connectivity index (χ3n) is 5.16. The molecule has 1 aliphatic heterocycles. The number of hydrogen-bond donors (Lipinski definition) is 0. The van der Waals surface area contributed by atoms with Gasteiger partial charge in [0.15, 0.2) is 11.6 Å². The lowest BCUT2D eigenvalue weighted by atomic mass is 10.1. The van der Waals surface area contributed by atoms with Crippen LogP contribution in [0.1, 0.15) is 18.3 Å². The second-order valence-electron chi connectivity index (χ2n) is 7.46. The van der Waals surface area contributed by atoms with E-state index < -0.39 is 0 Å². The predicted molar refractivity (Wildman–Crippen MR) is 106 cm³/mol. The van der Waals surface area contributed by atoms with E-state index in [0.29, 0.717) is 26.2 Å². The number of ether oxygens (including phenoxy) is 1. The number of nitrogens with zero attached hydrogens (tertiary/aromatic N) is 4. The minimum absolute atomic E-state index is 0.103. The molecule has 1 atom stereocenters. The van der Waals surface area contributed by atoms with E-state index in [1.165, 1.54) is 6.07 Å². The molecule has 7 heteroatoms. The Morgan fingerprint density at radius 3 is 2.57 bits per heavy atom. The summed E-state index contributed by atoms with van der Waals surface area (Å²) in [5, 5.41) is 4.45. The summed E-state index contributed by atoms with van der Waals surface area (Å²) in [6.45, 7) is 10.7. The number of carbonyl (C=O) groups is 1. The lowest BCUT2D eigenvalue weighted by Crippen LogP contribution is -2.51. The van der Waals surface area contributed by atoms with E-state index in [2.05, 4.69) is 10.00 Å². The van der Waals surface area contributed by atoms with Gasteiger partial charge in [-0.05, 0) is 32.0 Å². The third kappa shape index (κ3) is 5.10. The summed E-state index contributed by atoms with van der Waals surface area (Å²) in [6, 6.07) is 8.46. The summed E-state index contributed by atoms with van der Waals surface area (Å²) in [5.41, 5.74) is 2.06. The van der Waals surface area contributed by atoms with Gasteiger partial charge in [0.2, 0.25) is 5.91 Å². The van der Waals surface area contributed by atoms with Crippen molar-refractivity contribution in [2.24, 2.45) is 5.92 Å². The van der Waals surface area contributed by atoms with Gasteiger partial charge in [-0.15, -0.1) is 0 Å². The molecule has 1 aromatic carbocycles. The second kappa shape index (κ2) is 9.19. The summed E-state index contributed by atoms with van der Waals surface area (Å²) in [5.74, 6) is 0.0209. The Labute approximate surface area is 165 Å². The second-order valence-corrected chi connectivity index (χ2v) is 7.46. The number of halogens is 1. The standard InChI is InChI=1S/C21H29FN4O2/c1-16(15-26-18(3)14-17(2)23-26)21(27)25-10-8-24(9-11-25)12-13-28-20-7-5-4-6-19(20)22/h4-7,14,16H,8-13,15H2,1-3H3. The van der Waals surface area contributed by atoms with Crippen LogP contribution in [0.25, 0.3) is 0 Å². The summed E-state index contributed by atoms with van der Waals surface area (Å²) in [6.07, 6.45) is 0. The first kappa shape index (κ1) is 20.3. The quantitative estimate of drug-likeness (QED) is 0.731. The first-order valence-electron chi connectivity index (χ1n) is 9.83. The van der Waals surface area contributed by atoms with Gasteiger partial charge in [-0.3, -0.25) is 14.4 Å². The van der Waals surface area contributed by atoms with Crippen LogP contribution in [0.3, 0.4) is 0 Å². The van der Waals surface area contributed by atoms with Crippen molar-refractivity contribution in [3.8, 4) is 5.75 Å². The molecule has 2 heterocycles. The average molecular weight is 388 g/mol. The number of para-hydroxylation sites is 1. The molecule has 28 heavy (non-hydrogen) atoms. The average Bonchev–Trinajstić information content (AvgIpc) is 3.00. The van der Waals surface area contributed by atoms with E-state index in [4.69, 9.17) is 4.74 Å². The molecule has 1 amide bonds. The fourth-order valence-electron chi connectivity index (χ4n) is 3.55. The van der Waals surface area contributed by atoms with Crippen molar-refractivity contribution in [3.63, 3.8) is 0 Å². The Morgan fingerprint density at radius 1 is 1.21 bits per heavy atom. The highest BCUT2D eigenvalue weighted by molar-refractivity contribution is 5.78. The normalized spacial score (nSPS) is 16.2. The van der Waals surface area contributed by atoms with Gasteiger partial charge in [0.25, 0.3) is 0 Å². The van der Waals surface area contributed by atoms with Gasteiger partial charge < -0.3 is 9.64 Å². The van der Waals surface area contributed by atoms with Gasteiger partial charge >= 0.3 is 0 Å². The van der Waals surface area contributed by atoms with Crippen LogP contribution in [0.15, 0.2) is 30.3 Å². The Morgan fingerprint density at radius 2 is 1.93 bits per heavy atom. The molecule has 2 aromatic rings. The SMILES string of the molecule is Cc1cc(C)n(CC(C)C(=O)N2CCN(CCOc3ccccc3F)CC2)n1. The summed E-state index contributed by atoms with van der Waals surface area (Å²) in [7, 11) is 0. The Hall–Kier alpha value is -2.41. The lowest BCUT2D eigenvalue weighted by Gasteiger charge is -2.36. The van der Waals surface area contributed by atoms with Crippen LogP contribution < -0.4 is 4.74 Å². The number of carbonyl (C=O) groups excluding carboxylic acids is 1. The minimum Gasteiger partial charge on any atom is -0.489 e. The maximum absolute atomic E-state index is 13.6. The van der Waals surface area contributed by atoms with E-state index in [1.54, 1.807) is 18.2 Å². The molecular weight excluding hydrogens is 359 g/mol. The fraction of sp³-hybridized carbons (Fsp3) is 0.524. The number of hydrogen-bond acceptors (Lipinski definition) is 4. The monoisotopic (exact) mass is 388 g/mol. The topological polar surface area (TPSA) is 50.6 Å². The highest BCUT2D eigenvalue weighted by atomic mass is 19.1. The minimum atomic E-state index is -0.338.